The van der Waals surface area contributed by atoms with E-state index in [0.717, 1.165) is 28.1 Å². The fourth-order valence-corrected chi connectivity index (χ4v) is 2.79. The van der Waals surface area contributed by atoms with Crippen molar-refractivity contribution in [1.29, 1.82) is 0 Å². The summed E-state index contributed by atoms with van der Waals surface area (Å²) in [5.41, 5.74) is 10.2. The van der Waals surface area contributed by atoms with Crippen molar-refractivity contribution in [2.75, 3.05) is 11.9 Å². The average molecular weight is 296 g/mol. The van der Waals surface area contributed by atoms with E-state index in [0.29, 0.717) is 6.61 Å². The Kier molecular flexibility index (Phi) is 3.86. The van der Waals surface area contributed by atoms with Gasteiger partial charge in [0.15, 0.2) is 0 Å². The fraction of sp³-hybridized carbons (Fsp3) is 0.278. The van der Waals surface area contributed by atoms with Gasteiger partial charge in [-0.1, -0.05) is 35.9 Å². The number of anilines is 1. The Morgan fingerprint density at radius 3 is 2.73 bits per heavy atom. The lowest BCUT2D eigenvalue weighted by Crippen LogP contribution is -2.20. The third-order valence-corrected chi connectivity index (χ3v) is 4.02. The molecule has 0 radical (unpaired) electrons. The number of benzene rings is 2. The molecule has 3 N–H and O–H groups in total. The number of hydrogen-bond acceptors (Lipinski definition) is 3. The summed E-state index contributed by atoms with van der Waals surface area (Å²) in [4.78, 5) is 11.9. The van der Waals surface area contributed by atoms with Crippen molar-refractivity contribution in [3.8, 4) is 5.75 Å². The third kappa shape index (κ3) is 2.70. The molecule has 2 aromatic rings. The van der Waals surface area contributed by atoms with E-state index >= 15 is 0 Å². The van der Waals surface area contributed by atoms with E-state index in [1.165, 1.54) is 0 Å². The summed E-state index contributed by atoms with van der Waals surface area (Å²) in [6, 6.07) is 13.4. The molecule has 4 heteroatoms. The van der Waals surface area contributed by atoms with Gasteiger partial charge in [-0.05, 0) is 37.1 Å². The first-order chi connectivity index (χ1) is 10.6. The van der Waals surface area contributed by atoms with Crippen LogP contribution < -0.4 is 15.8 Å². The zero-order valence-corrected chi connectivity index (χ0v) is 12.8. The van der Waals surface area contributed by atoms with E-state index in [4.69, 9.17) is 10.5 Å². The number of ether oxygens (including phenoxy) is 1. The normalized spacial score (nSPS) is 17.8. The van der Waals surface area contributed by atoms with Crippen LogP contribution in [0, 0.1) is 6.92 Å². The molecule has 114 valence electrons. The summed E-state index contributed by atoms with van der Waals surface area (Å²) in [7, 11) is 0. The Morgan fingerprint density at radius 1 is 1.27 bits per heavy atom. The molecule has 22 heavy (non-hydrogen) atoms. The standard InChI is InChI=1S/C18H20N2O2/c1-11-8-14-12(2)18(21)20-17(14)15(9-11)16(19)10-22-13-6-4-3-5-7-13/h3-9,12,16H,10,19H2,1-2H3,(H,20,21). The number of nitrogens with one attached hydrogen (secondary N) is 1. The number of rotatable bonds is 4. The second-order valence-electron chi connectivity index (χ2n) is 5.76. The summed E-state index contributed by atoms with van der Waals surface area (Å²) < 4.78 is 5.74. The topological polar surface area (TPSA) is 64.3 Å². The zero-order valence-electron chi connectivity index (χ0n) is 12.8. The smallest absolute Gasteiger partial charge is 0.231 e. The van der Waals surface area contributed by atoms with E-state index in [9.17, 15) is 4.79 Å². The van der Waals surface area contributed by atoms with Crippen molar-refractivity contribution in [3.05, 3.63) is 59.2 Å². The van der Waals surface area contributed by atoms with Crippen LogP contribution in [-0.2, 0) is 4.79 Å². The molecule has 1 aliphatic heterocycles. The summed E-state index contributed by atoms with van der Waals surface area (Å²) in [6.07, 6.45) is 0. The summed E-state index contributed by atoms with van der Waals surface area (Å²) in [5, 5.41) is 2.95. The van der Waals surface area contributed by atoms with Gasteiger partial charge in [0.1, 0.15) is 12.4 Å². The largest absolute Gasteiger partial charge is 0.492 e. The van der Waals surface area contributed by atoms with E-state index < -0.39 is 0 Å². The first-order valence-corrected chi connectivity index (χ1v) is 7.45. The van der Waals surface area contributed by atoms with Crippen LogP contribution in [0.3, 0.4) is 0 Å². The van der Waals surface area contributed by atoms with Crippen molar-refractivity contribution < 1.29 is 9.53 Å². The molecule has 1 heterocycles. The molecule has 0 aliphatic carbocycles. The lowest BCUT2D eigenvalue weighted by atomic mass is 9.95. The molecular formula is C18H20N2O2. The van der Waals surface area contributed by atoms with E-state index in [2.05, 4.69) is 5.32 Å². The molecule has 1 aliphatic rings. The molecule has 0 saturated carbocycles. The highest BCUT2D eigenvalue weighted by Crippen LogP contribution is 2.38. The molecule has 4 nitrogen and oxygen atoms in total. The molecule has 2 unspecified atom stereocenters. The summed E-state index contributed by atoms with van der Waals surface area (Å²) >= 11 is 0. The van der Waals surface area contributed by atoms with Crippen LogP contribution in [0.2, 0.25) is 0 Å². The van der Waals surface area contributed by atoms with Crippen LogP contribution >= 0.6 is 0 Å². The fourth-order valence-electron chi connectivity index (χ4n) is 2.79. The molecule has 2 atom stereocenters. The Hall–Kier alpha value is -2.33. The van der Waals surface area contributed by atoms with Gasteiger partial charge in [0.2, 0.25) is 5.91 Å². The Morgan fingerprint density at radius 2 is 2.00 bits per heavy atom. The molecular weight excluding hydrogens is 276 g/mol. The number of carbonyl (C=O) groups is 1. The van der Waals surface area contributed by atoms with Crippen LogP contribution in [0.25, 0.3) is 0 Å². The van der Waals surface area contributed by atoms with Crippen LogP contribution in [0.1, 0.15) is 35.6 Å². The molecule has 0 bridgehead atoms. The molecule has 0 fully saturated rings. The first-order valence-electron chi connectivity index (χ1n) is 7.45. The first kappa shape index (κ1) is 14.6. The van der Waals surface area contributed by atoms with E-state index in [-0.39, 0.29) is 17.9 Å². The van der Waals surface area contributed by atoms with Crippen LogP contribution in [-0.4, -0.2) is 12.5 Å². The SMILES string of the molecule is Cc1cc(C(N)COc2ccccc2)c2c(c1)C(C)C(=O)N2. The summed E-state index contributed by atoms with van der Waals surface area (Å²) in [6.45, 7) is 4.30. The van der Waals surface area contributed by atoms with Crippen molar-refractivity contribution >= 4 is 11.6 Å². The second kappa shape index (κ2) is 5.81. The predicted molar refractivity (Wildman–Crippen MR) is 87.1 cm³/mol. The van der Waals surface area contributed by atoms with Gasteiger partial charge in [0.25, 0.3) is 0 Å². The third-order valence-electron chi connectivity index (χ3n) is 4.02. The van der Waals surface area contributed by atoms with Gasteiger partial charge < -0.3 is 15.8 Å². The monoisotopic (exact) mass is 296 g/mol. The van der Waals surface area contributed by atoms with Gasteiger partial charge >= 0.3 is 0 Å². The molecule has 0 saturated heterocycles. The number of para-hydroxylation sites is 1. The van der Waals surface area contributed by atoms with Crippen molar-refractivity contribution in [2.45, 2.75) is 25.8 Å². The highest BCUT2D eigenvalue weighted by molar-refractivity contribution is 6.03. The van der Waals surface area contributed by atoms with Gasteiger partial charge in [-0.15, -0.1) is 0 Å². The maximum atomic E-state index is 11.9. The number of amides is 1. The lowest BCUT2D eigenvalue weighted by molar-refractivity contribution is -0.116. The van der Waals surface area contributed by atoms with Crippen LogP contribution in [0.5, 0.6) is 5.75 Å². The Balaban J connectivity index is 1.83. The minimum Gasteiger partial charge on any atom is -0.492 e. The van der Waals surface area contributed by atoms with E-state index in [1.54, 1.807) is 0 Å². The van der Waals surface area contributed by atoms with Crippen molar-refractivity contribution in [1.82, 2.24) is 0 Å². The van der Waals surface area contributed by atoms with Gasteiger partial charge in [-0.3, -0.25) is 4.79 Å². The molecule has 3 rings (SSSR count). The van der Waals surface area contributed by atoms with Gasteiger partial charge in [-0.2, -0.15) is 0 Å². The number of carbonyl (C=O) groups excluding carboxylic acids is 1. The highest BCUT2D eigenvalue weighted by atomic mass is 16.5. The number of fused-ring (bicyclic) bond motifs is 1. The lowest BCUT2D eigenvalue weighted by Gasteiger charge is -2.18. The molecule has 0 spiro atoms. The van der Waals surface area contributed by atoms with Crippen molar-refractivity contribution in [2.24, 2.45) is 5.73 Å². The van der Waals surface area contributed by atoms with Crippen LogP contribution in [0.15, 0.2) is 42.5 Å². The second-order valence-corrected chi connectivity index (χ2v) is 5.76. The number of aryl methyl sites for hydroxylation is 1. The quantitative estimate of drug-likeness (QED) is 0.911. The Labute approximate surface area is 130 Å². The molecule has 2 aromatic carbocycles. The van der Waals surface area contributed by atoms with Gasteiger partial charge in [0, 0.05) is 5.69 Å². The number of hydrogen-bond donors (Lipinski definition) is 2. The average Bonchev–Trinajstić information content (AvgIpc) is 2.81. The molecule has 1 amide bonds. The Bertz CT molecular complexity index is 698. The van der Waals surface area contributed by atoms with Crippen molar-refractivity contribution in [3.63, 3.8) is 0 Å². The number of nitrogens with two attached hydrogens (primary N) is 1. The minimum absolute atomic E-state index is 0.0260. The van der Waals surface area contributed by atoms with Gasteiger partial charge in [0.05, 0.1) is 12.0 Å². The maximum Gasteiger partial charge on any atom is 0.231 e. The minimum atomic E-state index is -0.292. The van der Waals surface area contributed by atoms with Gasteiger partial charge in [-0.25, -0.2) is 0 Å². The molecule has 0 aromatic heterocycles. The highest BCUT2D eigenvalue weighted by Gasteiger charge is 2.30. The van der Waals surface area contributed by atoms with Crippen LogP contribution in [0.4, 0.5) is 5.69 Å². The van der Waals surface area contributed by atoms with E-state index in [1.807, 2.05) is 56.3 Å². The maximum absolute atomic E-state index is 11.9. The zero-order chi connectivity index (χ0) is 15.7. The predicted octanol–water partition coefficient (Wildman–Crippen LogP) is 3.13. The summed E-state index contributed by atoms with van der Waals surface area (Å²) in [5.74, 6) is 0.688.